The topological polar surface area (TPSA) is 12.9 Å². The van der Waals surface area contributed by atoms with Crippen LogP contribution in [0.15, 0.2) is 83.6 Å². The minimum absolute atomic E-state index is 0.0362. The molecule has 1 heteroatoms. The van der Waals surface area contributed by atoms with E-state index in [1.165, 1.54) is 57.2 Å². The Morgan fingerprint density at radius 1 is 1.05 bits per heavy atom. The van der Waals surface area contributed by atoms with Crippen LogP contribution in [-0.4, -0.2) is 4.98 Å². The predicted molar refractivity (Wildman–Crippen MR) is 165 cm³/mol. The molecule has 0 N–H and O–H groups in total. The molecule has 0 aliphatic heterocycles. The van der Waals surface area contributed by atoms with Gasteiger partial charge in [0.25, 0.3) is 0 Å². The van der Waals surface area contributed by atoms with Crippen molar-refractivity contribution in [3.8, 4) is 0 Å². The molecule has 37 heavy (non-hydrogen) atoms. The Balaban J connectivity index is 0.000000251. The van der Waals surface area contributed by atoms with Gasteiger partial charge in [0, 0.05) is 17.0 Å². The van der Waals surface area contributed by atoms with Gasteiger partial charge >= 0.3 is 0 Å². The molecule has 4 rings (SSSR count). The summed E-state index contributed by atoms with van der Waals surface area (Å²) in [6.45, 7) is 18.0. The maximum atomic E-state index is 4.85. The molecular formula is C36H49N. The first kappa shape index (κ1) is 28.9. The van der Waals surface area contributed by atoms with Crippen LogP contribution in [0, 0.1) is 11.8 Å². The lowest BCUT2D eigenvalue weighted by atomic mass is 9.65. The maximum absolute atomic E-state index is 4.85. The third-order valence-electron chi connectivity index (χ3n) is 8.20. The van der Waals surface area contributed by atoms with E-state index in [0.29, 0.717) is 5.92 Å². The molecule has 1 unspecified atom stereocenters. The van der Waals surface area contributed by atoms with Gasteiger partial charge in [-0.1, -0.05) is 107 Å². The normalized spacial score (nSPS) is 18.9. The molecule has 198 valence electrons. The first-order valence-corrected chi connectivity index (χ1v) is 14.6. The van der Waals surface area contributed by atoms with Crippen molar-refractivity contribution < 1.29 is 0 Å². The molecule has 0 fully saturated rings. The summed E-state index contributed by atoms with van der Waals surface area (Å²) in [6, 6.07) is 8.83. The fraction of sp³-hybridized carbons (Fsp3) is 0.472. The minimum Gasteiger partial charge on any atom is -0.256 e. The highest BCUT2D eigenvalue weighted by Crippen LogP contribution is 2.51. The zero-order valence-corrected chi connectivity index (χ0v) is 24.7. The average molecular weight is 496 g/mol. The minimum atomic E-state index is 0.0362. The van der Waals surface area contributed by atoms with Gasteiger partial charge in [0.2, 0.25) is 0 Å². The molecule has 2 aliphatic carbocycles. The molecule has 2 aromatic rings. The van der Waals surface area contributed by atoms with Crippen molar-refractivity contribution >= 4 is 16.3 Å². The standard InChI is InChI=1S/C23H25N.C13H24/c1-4-5-6-9-16-10-7-12-18-20(16)22-21-17(14-15-24-22)11-8-13-19(21)23(18,2)3;1-6-11(4)9-12(5)10-13(7-2)8-3/h5-8,11-16H,4,9-10H2,1-3H3;9-10,13H,6-8H2,1-5H3/b;11-9-,12-10-. The number of pyridine rings is 1. The number of hydrogen-bond donors (Lipinski definition) is 0. The van der Waals surface area contributed by atoms with E-state index in [-0.39, 0.29) is 5.41 Å². The first-order valence-electron chi connectivity index (χ1n) is 14.6. The van der Waals surface area contributed by atoms with Crippen molar-refractivity contribution in [1.82, 2.24) is 4.98 Å². The van der Waals surface area contributed by atoms with E-state index in [1.54, 1.807) is 0 Å². The van der Waals surface area contributed by atoms with Gasteiger partial charge in [-0.25, -0.2) is 0 Å². The Morgan fingerprint density at radius 2 is 1.81 bits per heavy atom. The van der Waals surface area contributed by atoms with E-state index in [0.717, 1.165) is 31.6 Å². The summed E-state index contributed by atoms with van der Waals surface area (Å²) >= 11 is 0. The number of fused-ring (bicyclic) bond motifs is 1. The van der Waals surface area contributed by atoms with Gasteiger partial charge in [-0.15, -0.1) is 0 Å². The number of allylic oxidation sites excluding steroid dienone is 10. The van der Waals surface area contributed by atoms with Crippen LogP contribution in [0.2, 0.25) is 0 Å². The van der Waals surface area contributed by atoms with Crippen LogP contribution >= 0.6 is 0 Å². The molecule has 0 saturated carbocycles. The monoisotopic (exact) mass is 495 g/mol. The summed E-state index contributed by atoms with van der Waals surface area (Å²) in [5.41, 5.74) is 8.50. The van der Waals surface area contributed by atoms with Crippen LogP contribution in [0.4, 0.5) is 0 Å². The van der Waals surface area contributed by atoms with Gasteiger partial charge < -0.3 is 0 Å². The number of benzene rings is 1. The highest BCUT2D eigenvalue weighted by molar-refractivity contribution is 6.00. The number of nitrogens with zero attached hydrogens (tertiary/aromatic N) is 1. The fourth-order valence-electron chi connectivity index (χ4n) is 5.82. The Labute approximate surface area is 227 Å². The quantitative estimate of drug-likeness (QED) is 0.262. The van der Waals surface area contributed by atoms with Gasteiger partial charge in [-0.3, -0.25) is 4.98 Å². The fourth-order valence-corrected chi connectivity index (χ4v) is 5.82. The summed E-state index contributed by atoms with van der Waals surface area (Å²) in [5.74, 6) is 1.31. The van der Waals surface area contributed by atoms with Crippen molar-refractivity contribution in [2.75, 3.05) is 0 Å². The largest absolute Gasteiger partial charge is 0.256 e. The highest BCUT2D eigenvalue weighted by atomic mass is 14.7. The summed E-state index contributed by atoms with van der Waals surface area (Å²) in [6.07, 6.45) is 23.0. The summed E-state index contributed by atoms with van der Waals surface area (Å²) in [7, 11) is 0. The van der Waals surface area contributed by atoms with Crippen LogP contribution in [0.3, 0.4) is 0 Å². The Bertz CT molecular complexity index is 1210. The number of hydrogen-bond acceptors (Lipinski definition) is 1. The van der Waals surface area contributed by atoms with Crippen molar-refractivity contribution in [1.29, 1.82) is 0 Å². The van der Waals surface area contributed by atoms with Crippen molar-refractivity contribution in [3.05, 3.63) is 94.9 Å². The average Bonchev–Trinajstić information content (AvgIpc) is 2.90. The summed E-state index contributed by atoms with van der Waals surface area (Å²) in [4.78, 5) is 4.85. The summed E-state index contributed by atoms with van der Waals surface area (Å²) < 4.78 is 0. The third-order valence-corrected chi connectivity index (χ3v) is 8.20. The molecule has 0 bridgehead atoms. The van der Waals surface area contributed by atoms with E-state index in [4.69, 9.17) is 4.98 Å². The van der Waals surface area contributed by atoms with E-state index in [1.807, 2.05) is 6.20 Å². The number of aromatic nitrogens is 1. The van der Waals surface area contributed by atoms with Crippen LogP contribution in [0.5, 0.6) is 0 Å². The molecule has 2 aliphatic rings. The zero-order chi connectivity index (χ0) is 27.0. The molecule has 0 saturated heterocycles. The zero-order valence-electron chi connectivity index (χ0n) is 24.7. The van der Waals surface area contributed by atoms with Crippen LogP contribution in [-0.2, 0) is 5.41 Å². The second-order valence-electron chi connectivity index (χ2n) is 11.3. The number of rotatable bonds is 8. The molecule has 1 aromatic heterocycles. The van der Waals surface area contributed by atoms with Gasteiger partial charge in [0.05, 0.1) is 5.69 Å². The van der Waals surface area contributed by atoms with E-state index >= 15 is 0 Å². The van der Waals surface area contributed by atoms with Gasteiger partial charge in [-0.05, 0) is 92.4 Å². The third kappa shape index (κ3) is 6.61. The Morgan fingerprint density at radius 3 is 2.49 bits per heavy atom. The smallest absolute Gasteiger partial charge is 0.0749 e. The van der Waals surface area contributed by atoms with Crippen molar-refractivity contribution in [2.24, 2.45) is 11.8 Å². The van der Waals surface area contributed by atoms with Crippen LogP contribution in [0.25, 0.3) is 16.3 Å². The molecule has 1 heterocycles. The molecule has 0 amide bonds. The van der Waals surface area contributed by atoms with Crippen molar-refractivity contribution in [2.45, 2.75) is 99.3 Å². The Hall–Kier alpha value is -2.67. The predicted octanol–water partition coefficient (Wildman–Crippen LogP) is 10.9. The molecule has 1 aromatic carbocycles. The van der Waals surface area contributed by atoms with Gasteiger partial charge in [-0.2, -0.15) is 0 Å². The Kier molecular flexibility index (Phi) is 10.3. The second kappa shape index (κ2) is 13.2. The van der Waals surface area contributed by atoms with E-state index in [2.05, 4.69) is 116 Å². The van der Waals surface area contributed by atoms with Gasteiger partial charge in [0.15, 0.2) is 0 Å². The van der Waals surface area contributed by atoms with E-state index < -0.39 is 0 Å². The lowest BCUT2D eigenvalue weighted by Gasteiger charge is -2.39. The highest BCUT2D eigenvalue weighted by Gasteiger charge is 2.38. The van der Waals surface area contributed by atoms with Crippen LogP contribution < -0.4 is 0 Å². The molecule has 1 nitrogen and oxygen atoms in total. The first-order chi connectivity index (χ1) is 17.8. The molecule has 1 atom stereocenters. The van der Waals surface area contributed by atoms with E-state index in [9.17, 15) is 0 Å². The second-order valence-corrected chi connectivity index (χ2v) is 11.3. The van der Waals surface area contributed by atoms with Gasteiger partial charge in [0.1, 0.15) is 0 Å². The van der Waals surface area contributed by atoms with Crippen molar-refractivity contribution in [3.63, 3.8) is 0 Å². The maximum Gasteiger partial charge on any atom is 0.0749 e. The molecular weight excluding hydrogens is 446 g/mol. The molecule has 0 radical (unpaired) electrons. The van der Waals surface area contributed by atoms with Crippen LogP contribution in [0.1, 0.15) is 105 Å². The molecule has 0 spiro atoms. The summed E-state index contributed by atoms with van der Waals surface area (Å²) in [5, 5.41) is 2.68. The SMILES string of the molecule is CC/C(C)=C\C(C)=C/C(CC)CC.CCC=CCC1CC=CC2=C1c1nccc3cccc(c13)C2(C)C. The lowest BCUT2D eigenvalue weighted by molar-refractivity contribution is 0.602. The lowest BCUT2D eigenvalue weighted by Crippen LogP contribution is -2.28.